The zero-order valence-electron chi connectivity index (χ0n) is 15.4. The first-order valence-electron chi connectivity index (χ1n) is 9.15. The number of hydrogen-bond acceptors (Lipinski definition) is 1. The van der Waals surface area contributed by atoms with Crippen molar-refractivity contribution in [3.8, 4) is 0 Å². The number of benzene rings is 3. The fourth-order valence-electron chi connectivity index (χ4n) is 3.20. The first kappa shape index (κ1) is 17.9. The molecule has 3 rings (SSSR count). The van der Waals surface area contributed by atoms with Crippen LogP contribution in [0.4, 0.5) is 11.4 Å². The van der Waals surface area contributed by atoms with Crippen LogP contribution in [-0.4, -0.2) is 5.91 Å². The van der Waals surface area contributed by atoms with Crippen LogP contribution in [0.3, 0.4) is 0 Å². The molecule has 0 saturated heterocycles. The van der Waals surface area contributed by atoms with Gasteiger partial charge in [-0.3, -0.25) is 9.69 Å². The minimum Gasteiger partial charge on any atom is -0.281 e. The lowest BCUT2D eigenvalue weighted by Gasteiger charge is -2.29. The van der Waals surface area contributed by atoms with Gasteiger partial charge in [0, 0.05) is 17.3 Å². The molecule has 0 fully saturated rings. The molecular formula is C24H25NO. The van der Waals surface area contributed by atoms with Crippen LogP contribution in [0.15, 0.2) is 91.0 Å². The van der Waals surface area contributed by atoms with E-state index in [1.54, 1.807) is 0 Å². The summed E-state index contributed by atoms with van der Waals surface area (Å²) in [5, 5.41) is 0. The number of carbonyl (C=O) groups excluding carboxylic acids is 1. The summed E-state index contributed by atoms with van der Waals surface area (Å²) in [4.78, 5) is 15.5. The standard InChI is InChI=1S/C24H25NO/c1-19(2)23(18-20-12-6-3-7-13-20)24(26)25(21-14-8-4-9-15-21)22-16-10-5-11-17-22/h3-17,19,23H,18H2,1-2H3/t23-/m1/s1. The average molecular weight is 343 g/mol. The van der Waals surface area contributed by atoms with E-state index in [0.717, 1.165) is 17.8 Å². The number of para-hydroxylation sites is 2. The van der Waals surface area contributed by atoms with Crippen molar-refractivity contribution in [2.45, 2.75) is 20.3 Å². The number of amides is 1. The van der Waals surface area contributed by atoms with Gasteiger partial charge >= 0.3 is 0 Å². The van der Waals surface area contributed by atoms with E-state index >= 15 is 0 Å². The van der Waals surface area contributed by atoms with E-state index in [1.807, 2.05) is 83.8 Å². The highest BCUT2D eigenvalue weighted by Gasteiger charge is 2.29. The molecule has 3 aromatic carbocycles. The van der Waals surface area contributed by atoms with Crippen LogP contribution in [0.25, 0.3) is 0 Å². The summed E-state index contributed by atoms with van der Waals surface area (Å²) in [5.74, 6) is 0.302. The van der Waals surface area contributed by atoms with Crippen molar-refractivity contribution in [1.29, 1.82) is 0 Å². The Morgan fingerprint density at radius 2 is 1.15 bits per heavy atom. The van der Waals surface area contributed by atoms with Gasteiger partial charge in [-0.1, -0.05) is 80.6 Å². The predicted octanol–water partition coefficient (Wildman–Crippen LogP) is 5.87. The van der Waals surface area contributed by atoms with Gasteiger partial charge in [0.25, 0.3) is 0 Å². The van der Waals surface area contributed by atoms with Crippen LogP contribution >= 0.6 is 0 Å². The third kappa shape index (κ3) is 4.20. The van der Waals surface area contributed by atoms with E-state index in [0.29, 0.717) is 0 Å². The lowest BCUT2D eigenvalue weighted by molar-refractivity contribution is -0.122. The third-order valence-corrected chi connectivity index (χ3v) is 4.67. The molecule has 1 amide bonds. The zero-order chi connectivity index (χ0) is 18.4. The van der Waals surface area contributed by atoms with E-state index in [9.17, 15) is 4.79 Å². The molecule has 26 heavy (non-hydrogen) atoms. The molecule has 0 N–H and O–H groups in total. The van der Waals surface area contributed by atoms with E-state index in [2.05, 4.69) is 26.0 Å². The van der Waals surface area contributed by atoms with Gasteiger partial charge in [-0.05, 0) is 42.2 Å². The van der Waals surface area contributed by atoms with E-state index < -0.39 is 0 Å². The van der Waals surface area contributed by atoms with Crippen molar-refractivity contribution in [3.63, 3.8) is 0 Å². The van der Waals surface area contributed by atoms with Crippen LogP contribution in [0.5, 0.6) is 0 Å². The van der Waals surface area contributed by atoms with Crippen molar-refractivity contribution >= 4 is 17.3 Å². The fraction of sp³-hybridized carbons (Fsp3) is 0.208. The minimum absolute atomic E-state index is 0.0854. The second-order valence-corrected chi connectivity index (χ2v) is 6.88. The number of nitrogens with zero attached hydrogens (tertiary/aromatic N) is 1. The summed E-state index contributed by atoms with van der Waals surface area (Å²) < 4.78 is 0. The van der Waals surface area contributed by atoms with Crippen LogP contribution in [0.2, 0.25) is 0 Å². The first-order chi connectivity index (χ1) is 12.7. The second kappa shape index (κ2) is 8.48. The predicted molar refractivity (Wildman–Crippen MR) is 109 cm³/mol. The van der Waals surface area contributed by atoms with Crippen LogP contribution in [-0.2, 0) is 11.2 Å². The number of hydrogen-bond donors (Lipinski definition) is 0. The Morgan fingerprint density at radius 1 is 0.731 bits per heavy atom. The van der Waals surface area contributed by atoms with Gasteiger partial charge in [0.15, 0.2) is 0 Å². The van der Waals surface area contributed by atoms with Gasteiger partial charge < -0.3 is 0 Å². The lowest BCUT2D eigenvalue weighted by Crippen LogP contribution is -2.36. The Labute approximate surface area is 156 Å². The van der Waals surface area contributed by atoms with Crippen molar-refractivity contribution in [1.82, 2.24) is 0 Å². The number of carbonyl (C=O) groups is 1. The fourth-order valence-corrected chi connectivity index (χ4v) is 3.20. The molecule has 0 bridgehead atoms. The summed E-state index contributed by atoms with van der Waals surface area (Å²) in [6.45, 7) is 4.25. The highest BCUT2D eigenvalue weighted by Crippen LogP contribution is 2.30. The molecule has 132 valence electrons. The molecule has 0 saturated carbocycles. The summed E-state index contributed by atoms with van der Waals surface area (Å²) in [6, 6.07) is 30.1. The smallest absolute Gasteiger partial charge is 0.235 e. The van der Waals surface area contributed by atoms with Gasteiger partial charge in [-0.15, -0.1) is 0 Å². The van der Waals surface area contributed by atoms with Crippen molar-refractivity contribution < 1.29 is 4.79 Å². The largest absolute Gasteiger partial charge is 0.281 e. The Morgan fingerprint density at radius 3 is 1.58 bits per heavy atom. The molecule has 0 aliphatic heterocycles. The monoisotopic (exact) mass is 343 g/mol. The van der Waals surface area contributed by atoms with Crippen molar-refractivity contribution in [2.24, 2.45) is 11.8 Å². The Kier molecular flexibility index (Phi) is 5.85. The molecule has 0 radical (unpaired) electrons. The van der Waals surface area contributed by atoms with Crippen molar-refractivity contribution in [2.75, 3.05) is 4.90 Å². The summed E-state index contributed by atoms with van der Waals surface area (Å²) in [6.07, 6.45) is 0.744. The summed E-state index contributed by atoms with van der Waals surface area (Å²) >= 11 is 0. The molecular weight excluding hydrogens is 318 g/mol. The SMILES string of the molecule is CC(C)[C@@H](Cc1ccccc1)C(=O)N(c1ccccc1)c1ccccc1. The van der Waals surface area contributed by atoms with Crippen LogP contribution < -0.4 is 4.90 Å². The average Bonchev–Trinajstić information content (AvgIpc) is 2.68. The van der Waals surface area contributed by atoms with E-state index in [1.165, 1.54) is 5.56 Å². The lowest BCUT2D eigenvalue weighted by atomic mass is 9.87. The van der Waals surface area contributed by atoms with Gasteiger partial charge in [-0.2, -0.15) is 0 Å². The molecule has 2 nitrogen and oxygen atoms in total. The molecule has 3 aromatic rings. The second-order valence-electron chi connectivity index (χ2n) is 6.88. The normalized spacial score (nSPS) is 12.0. The summed E-state index contributed by atoms with van der Waals surface area (Å²) in [5.41, 5.74) is 3.01. The quantitative estimate of drug-likeness (QED) is 0.548. The molecule has 0 spiro atoms. The molecule has 1 atom stereocenters. The minimum atomic E-state index is -0.0854. The van der Waals surface area contributed by atoms with Gasteiger partial charge in [0.05, 0.1) is 0 Å². The Bertz CT molecular complexity index is 773. The van der Waals surface area contributed by atoms with Crippen LogP contribution in [0.1, 0.15) is 19.4 Å². The van der Waals surface area contributed by atoms with E-state index in [-0.39, 0.29) is 17.7 Å². The molecule has 0 aliphatic carbocycles. The van der Waals surface area contributed by atoms with Crippen molar-refractivity contribution in [3.05, 3.63) is 96.6 Å². The van der Waals surface area contributed by atoms with Crippen LogP contribution in [0, 0.1) is 11.8 Å². The molecule has 0 unspecified atom stereocenters. The highest BCUT2D eigenvalue weighted by atomic mass is 16.2. The summed E-state index contributed by atoms with van der Waals surface area (Å²) in [7, 11) is 0. The molecule has 0 aromatic heterocycles. The third-order valence-electron chi connectivity index (χ3n) is 4.67. The topological polar surface area (TPSA) is 20.3 Å². The highest BCUT2D eigenvalue weighted by molar-refractivity contribution is 6.02. The van der Waals surface area contributed by atoms with Gasteiger partial charge in [0.2, 0.25) is 5.91 Å². The Balaban J connectivity index is 1.97. The van der Waals surface area contributed by atoms with Gasteiger partial charge in [-0.25, -0.2) is 0 Å². The zero-order valence-corrected chi connectivity index (χ0v) is 15.4. The molecule has 2 heteroatoms. The van der Waals surface area contributed by atoms with Gasteiger partial charge in [0.1, 0.15) is 0 Å². The molecule has 0 heterocycles. The maximum atomic E-state index is 13.6. The number of anilines is 2. The van der Waals surface area contributed by atoms with E-state index in [4.69, 9.17) is 0 Å². The maximum Gasteiger partial charge on any atom is 0.235 e. The molecule has 0 aliphatic rings. The first-order valence-corrected chi connectivity index (χ1v) is 9.15. The maximum absolute atomic E-state index is 13.6. The Hall–Kier alpha value is -2.87. The number of rotatable bonds is 6.